The van der Waals surface area contributed by atoms with Crippen molar-refractivity contribution in [1.29, 1.82) is 0 Å². The number of rotatable bonds is 6. The molecule has 0 N–H and O–H groups in total. The molecule has 1 aromatic heterocycles. The molecular formula is C25H31N3O2S2. The minimum atomic E-state index is -0.0797. The van der Waals surface area contributed by atoms with Crippen molar-refractivity contribution in [3.63, 3.8) is 0 Å². The predicted molar refractivity (Wildman–Crippen MR) is 135 cm³/mol. The third kappa shape index (κ3) is 4.64. The van der Waals surface area contributed by atoms with Gasteiger partial charge in [0, 0.05) is 31.9 Å². The number of carbonyl (C=O) groups is 1. The average molecular weight is 470 g/mol. The first kappa shape index (κ1) is 23.1. The monoisotopic (exact) mass is 469 g/mol. The number of hydrogen-bond donors (Lipinski definition) is 0. The molecule has 170 valence electrons. The van der Waals surface area contributed by atoms with E-state index in [-0.39, 0.29) is 11.5 Å². The normalized spacial score (nSPS) is 17.9. The molecule has 0 radical (unpaired) electrons. The van der Waals surface area contributed by atoms with E-state index in [1.807, 2.05) is 33.0 Å². The van der Waals surface area contributed by atoms with E-state index in [1.54, 1.807) is 27.9 Å². The molecule has 0 unspecified atom stereocenters. The van der Waals surface area contributed by atoms with E-state index in [9.17, 15) is 9.59 Å². The second kappa shape index (κ2) is 9.40. The number of ketones is 1. The number of fused-ring (bicyclic) bond motifs is 1. The number of hydrogen-bond acceptors (Lipinski definition) is 5. The zero-order chi connectivity index (χ0) is 23.0. The van der Waals surface area contributed by atoms with Crippen molar-refractivity contribution >= 4 is 35.5 Å². The Hall–Kier alpha value is -2.12. The van der Waals surface area contributed by atoms with Crippen LogP contribution in [0.15, 0.2) is 34.1 Å². The lowest BCUT2D eigenvalue weighted by atomic mass is 10.0. The van der Waals surface area contributed by atoms with Crippen LogP contribution in [-0.2, 0) is 20.5 Å². The van der Waals surface area contributed by atoms with Crippen molar-refractivity contribution < 1.29 is 4.79 Å². The zero-order valence-electron chi connectivity index (χ0n) is 19.3. The van der Waals surface area contributed by atoms with Crippen molar-refractivity contribution in [2.24, 2.45) is 20.0 Å². The molecule has 1 saturated carbocycles. The molecule has 0 spiro atoms. The van der Waals surface area contributed by atoms with Crippen LogP contribution in [-0.4, -0.2) is 27.2 Å². The number of Topliss-reactive ketones (excluding diaryl/α,β-unsaturated/α-hetero) is 1. The number of thioether (sulfide) groups is 1. The minimum absolute atomic E-state index is 0.0797. The molecule has 2 aliphatic rings. The molecule has 1 aromatic carbocycles. The first-order valence-corrected chi connectivity index (χ1v) is 12.7. The fraction of sp³-hybridized carbons (Fsp3) is 0.480. The van der Waals surface area contributed by atoms with E-state index in [2.05, 4.69) is 17.0 Å². The second-order valence-corrected chi connectivity index (χ2v) is 10.4. The molecule has 4 rings (SSSR count). The van der Waals surface area contributed by atoms with E-state index in [0.29, 0.717) is 16.3 Å². The van der Waals surface area contributed by atoms with Crippen LogP contribution < -0.4 is 10.6 Å². The quantitative estimate of drug-likeness (QED) is 0.436. The Bertz CT molecular complexity index is 1200. The number of aryl methyl sites for hydroxylation is 2. The summed E-state index contributed by atoms with van der Waals surface area (Å²) in [6.45, 7) is 4.92. The smallest absolute Gasteiger partial charge is 0.328 e. The topological polar surface area (TPSA) is 47.2 Å². The van der Waals surface area contributed by atoms with Gasteiger partial charge in [-0.2, -0.15) is 0 Å². The van der Waals surface area contributed by atoms with Gasteiger partial charge in [0.1, 0.15) is 4.64 Å². The highest BCUT2D eigenvalue weighted by molar-refractivity contribution is 8.03. The van der Waals surface area contributed by atoms with Crippen LogP contribution in [0.3, 0.4) is 0 Å². The Morgan fingerprint density at radius 1 is 1.19 bits per heavy atom. The summed E-state index contributed by atoms with van der Waals surface area (Å²) >= 11 is 7.38. The lowest BCUT2D eigenvalue weighted by Gasteiger charge is -2.32. The van der Waals surface area contributed by atoms with Crippen LogP contribution in [0.2, 0.25) is 0 Å². The highest BCUT2D eigenvalue weighted by Crippen LogP contribution is 2.39. The molecule has 0 atom stereocenters. The standard InChI is InChI=1S/C25H31N3O2S2/c1-16-9-12-19(17(2)13-16)21(29)15-32-22-8-6-5-7-20-23(28(22)14-18-10-11-18)24(31)27(4)25(30)26(20)3/h8-9,12-13,18H,5-7,10-11,14-15H2,1-4H3/b22-8-. The molecule has 7 heteroatoms. The largest absolute Gasteiger partial charge is 0.332 e. The van der Waals surface area contributed by atoms with Gasteiger partial charge in [-0.1, -0.05) is 42.1 Å². The van der Waals surface area contributed by atoms with Crippen LogP contribution in [0.5, 0.6) is 0 Å². The molecule has 0 amide bonds. The summed E-state index contributed by atoms with van der Waals surface area (Å²) in [5, 5.41) is 1.08. The molecule has 0 bridgehead atoms. The van der Waals surface area contributed by atoms with Crippen LogP contribution in [0.4, 0.5) is 5.69 Å². The summed E-state index contributed by atoms with van der Waals surface area (Å²) in [5.41, 5.74) is 4.88. The van der Waals surface area contributed by atoms with Gasteiger partial charge in [0.2, 0.25) is 0 Å². The van der Waals surface area contributed by atoms with Gasteiger partial charge in [0.25, 0.3) is 0 Å². The first-order chi connectivity index (χ1) is 15.3. The van der Waals surface area contributed by atoms with Gasteiger partial charge in [-0.25, -0.2) is 4.79 Å². The van der Waals surface area contributed by atoms with E-state index >= 15 is 0 Å². The summed E-state index contributed by atoms with van der Waals surface area (Å²) in [6.07, 6.45) is 7.39. The number of allylic oxidation sites excluding steroid dienone is 1. The molecule has 2 heterocycles. The molecular weight excluding hydrogens is 438 g/mol. The first-order valence-electron chi connectivity index (χ1n) is 11.3. The molecule has 2 aromatic rings. The van der Waals surface area contributed by atoms with Crippen LogP contribution in [0.1, 0.15) is 52.9 Å². The molecule has 1 aliphatic heterocycles. The fourth-order valence-corrected chi connectivity index (χ4v) is 5.66. The van der Waals surface area contributed by atoms with Crippen molar-refractivity contribution in [2.75, 3.05) is 17.2 Å². The summed E-state index contributed by atoms with van der Waals surface area (Å²) < 4.78 is 3.90. The Morgan fingerprint density at radius 2 is 1.94 bits per heavy atom. The summed E-state index contributed by atoms with van der Waals surface area (Å²) in [6, 6.07) is 6.00. The maximum absolute atomic E-state index is 13.0. The molecule has 1 fully saturated rings. The number of anilines is 1. The van der Waals surface area contributed by atoms with Gasteiger partial charge in [0.15, 0.2) is 5.78 Å². The van der Waals surface area contributed by atoms with Crippen LogP contribution in [0, 0.1) is 24.4 Å². The van der Waals surface area contributed by atoms with Crippen molar-refractivity contribution in [2.45, 2.75) is 46.0 Å². The number of nitrogens with zero attached hydrogens (tertiary/aromatic N) is 3. The fourth-order valence-electron chi connectivity index (χ4n) is 4.36. The Labute approximate surface area is 199 Å². The Morgan fingerprint density at radius 3 is 2.62 bits per heavy atom. The average Bonchev–Trinajstić information content (AvgIpc) is 3.56. The summed E-state index contributed by atoms with van der Waals surface area (Å²) in [5.74, 6) is 1.17. The van der Waals surface area contributed by atoms with Gasteiger partial charge in [0.05, 0.1) is 16.5 Å². The summed E-state index contributed by atoms with van der Waals surface area (Å²) in [7, 11) is 3.59. The SMILES string of the molecule is Cc1ccc(C(=O)CS/C2=C\CCCc3c(c(=S)n(C)c(=O)n3C)N2CC2CC2)c(C)c1. The highest BCUT2D eigenvalue weighted by atomic mass is 32.2. The van der Waals surface area contributed by atoms with E-state index in [4.69, 9.17) is 12.2 Å². The third-order valence-corrected chi connectivity index (χ3v) is 7.96. The van der Waals surface area contributed by atoms with Gasteiger partial charge in [-0.05, 0) is 57.4 Å². The van der Waals surface area contributed by atoms with Gasteiger partial charge in [-0.15, -0.1) is 11.8 Å². The van der Waals surface area contributed by atoms with Crippen LogP contribution in [0.25, 0.3) is 0 Å². The maximum atomic E-state index is 13.0. The predicted octanol–water partition coefficient (Wildman–Crippen LogP) is 5.08. The lowest BCUT2D eigenvalue weighted by molar-refractivity contribution is 0.102. The van der Waals surface area contributed by atoms with Crippen molar-refractivity contribution in [3.8, 4) is 0 Å². The third-order valence-electron chi connectivity index (χ3n) is 6.40. The maximum Gasteiger partial charge on any atom is 0.328 e. The highest BCUT2D eigenvalue weighted by Gasteiger charge is 2.30. The number of carbonyl (C=O) groups excluding carboxylic acids is 1. The lowest BCUT2D eigenvalue weighted by Crippen LogP contribution is -2.35. The number of aromatic nitrogens is 2. The zero-order valence-corrected chi connectivity index (χ0v) is 20.9. The number of benzene rings is 1. The summed E-state index contributed by atoms with van der Waals surface area (Å²) in [4.78, 5) is 28.0. The van der Waals surface area contributed by atoms with Crippen molar-refractivity contribution in [3.05, 3.63) is 66.8 Å². The van der Waals surface area contributed by atoms with E-state index in [1.165, 1.54) is 12.8 Å². The minimum Gasteiger partial charge on any atom is -0.332 e. The van der Waals surface area contributed by atoms with Gasteiger partial charge < -0.3 is 4.90 Å². The Balaban J connectivity index is 1.68. The van der Waals surface area contributed by atoms with Gasteiger partial charge >= 0.3 is 5.69 Å². The second-order valence-electron chi connectivity index (χ2n) is 9.02. The van der Waals surface area contributed by atoms with Gasteiger partial charge in [-0.3, -0.25) is 13.9 Å². The molecule has 1 aliphatic carbocycles. The Kier molecular flexibility index (Phi) is 6.77. The van der Waals surface area contributed by atoms with Crippen molar-refractivity contribution in [1.82, 2.24) is 9.13 Å². The van der Waals surface area contributed by atoms with E-state index in [0.717, 1.165) is 58.9 Å². The van der Waals surface area contributed by atoms with E-state index < -0.39 is 0 Å². The molecule has 32 heavy (non-hydrogen) atoms. The molecule has 5 nitrogen and oxygen atoms in total. The van der Waals surface area contributed by atoms with Crippen LogP contribution >= 0.6 is 24.0 Å². The molecule has 0 saturated heterocycles.